The third-order valence-corrected chi connectivity index (χ3v) is 4.45. The Morgan fingerprint density at radius 3 is 2.54 bits per heavy atom. The molecule has 2 aromatic rings. The van der Waals surface area contributed by atoms with E-state index in [0.29, 0.717) is 17.0 Å². The van der Waals surface area contributed by atoms with E-state index in [1.165, 1.54) is 4.90 Å². The largest absolute Gasteiger partial charge is 0.479 e. The zero-order valence-corrected chi connectivity index (χ0v) is 14.4. The van der Waals surface area contributed by atoms with E-state index in [1.807, 2.05) is 57.2 Å². The third-order valence-electron chi connectivity index (χ3n) is 4.45. The number of carbonyl (C=O) groups is 2. The van der Waals surface area contributed by atoms with Crippen molar-refractivity contribution in [3.63, 3.8) is 0 Å². The van der Waals surface area contributed by atoms with E-state index in [-0.39, 0.29) is 18.2 Å². The van der Waals surface area contributed by atoms with Crippen molar-refractivity contribution >= 4 is 17.4 Å². The maximum Gasteiger partial charge on any atom is 0.268 e. The number of hydrogen-bond donors (Lipinski definition) is 0. The summed E-state index contributed by atoms with van der Waals surface area (Å²) in [5, 5.41) is 0. The van der Waals surface area contributed by atoms with E-state index in [0.717, 1.165) is 16.7 Å². The number of benzene rings is 2. The lowest BCUT2D eigenvalue weighted by Gasteiger charge is -2.32. The first-order valence-electron chi connectivity index (χ1n) is 8.06. The molecule has 0 radical (unpaired) electrons. The van der Waals surface area contributed by atoms with Crippen LogP contribution in [0, 0.1) is 20.8 Å². The van der Waals surface area contributed by atoms with E-state index in [4.69, 9.17) is 4.74 Å². The van der Waals surface area contributed by atoms with Gasteiger partial charge in [0.25, 0.3) is 5.91 Å². The molecule has 0 bridgehead atoms. The number of Topliss-reactive ketones (excluding diaryl/α,β-unsaturated/α-hetero) is 1. The second-order valence-corrected chi connectivity index (χ2v) is 6.38. The normalized spacial score (nSPS) is 16.6. The maximum absolute atomic E-state index is 12.7. The Balaban J connectivity index is 1.92. The van der Waals surface area contributed by atoms with E-state index in [2.05, 4.69) is 0 Å². The predicted octanol–water partition coefficient (Wildman–Crippen LogP) is 3.61. The van der Waals surface area contributed by atoms with Gasteiger partial charge in [-0.3, -0.25) is 14.5 Å². The second-order valence-electron chi connectivity index (χ2n) is 6.38. The van der Waals surface area contributed by atoms with Crippen molar-refractivity contribution in [2.45, 2.75) is 33.8 Å². The van der Waals surface area contributed by atoms with Crippen LogP contribution in [0.2, 0.25) is 0 Å². The van der Waals surface area contributed by atoms with Gasteiger partial charge >= 0.3 is 0 Å². The molecule has 1 atom stereocenters. The van der Waals surface area contributed by atoms with Gasteiger partial charge in [-0.05, 0) is 62.6 Å². The van der Waals surface area contributed by atoms with Crippen molar-refractivity contribution in [1.82, 2.24) is 0 Å². The summed E-state index contributed by atoms with van der Waals surface area (Å²) in [5.74, 6) is 0.380. The molecule has 0 saturated heterocycles. The van der Waals surface area contributed by atoms with Crippen LogP contribution < -0.4 is 9.64 Å². The molecule has 2 aromatic carbocycles. The number of carbonyl (C=O) groups excluding carboxylic acids is 2. The van der Waals surface area contributed by atoms with Crippen molar-refractivity contribution in [1.29, 1.82) is 0 Å². The van der Waals surface area contributed by atoms with Gasteiger partial charge in [0.15, 0.2) is 11.9 Å². The topological polar surface area (TPSA) is 46.6 Å². The number of rotatable bonds is 3. The highest BCUT2D eigenvalue weighted by Crippen LogP contribution is 2.34. The van der Waals surface area contributed by atoms with Crippen molar-refractivity contribution in [3.8, 4) is 5.75 Å². The van der Waals surface area contributed by atoms with Gasteiger partial charge in [0, 0.05) is 5.56 Å². The molecular formula is C20H21NO3. The van der Waals surface area contributed by atoms with Crippen LogP contribution in [-0.2, 0) is 4.79 Å². The minimum atomic E-state index is -0.591. The zero-order chi connectivity index (χ0) is 17.4. The van der Waals surface area contributed by atoms with E-state index in [1.54, 1.807) is 6.92 Å². The van der Waals surface area contributed by atoms with Gasteiger partial charge in [-0.1, -0.05) is 18.2 Å². The van der Waals surface area contributed by atoms with Crippen LogP contribution in [-0.4, -0.2) is 24.3 Å². The SMILES string of the molecule is Cc1ccc2c(c1)OC(C)C(=O)N2CC(=O)c1ccc(C)c(C)c1. The summed E-state index contributed by atoms with van der Waals surface area (Å²) in [5.41, 5.74) is 4.54. The fraction of sp³-hybridized carbons (Fsp3) is 0.300. The highest BCUT2D eigenvalue weighted by atomic mass is 16.5. The van der Waals surface area contributed by atoms with Crippen LogP contribution in [0.1, 0.15) is 34.0 Å². The molecule has 0 N–H and O–H groups in total. The molecule has 1 heterocycles. The fourth-order valence-electron chi connectivity index (χ4n) is 2.83. The molecule has 1 aliphatic rings. The average molecular weight is 323 g/mol. The number of amides is 1. The minimum Gasteiger partial charge on any atom is -0.479 e. The molecule has 1 amide bonds. The Kier molecular flexibility index (Phi) is 4.14. The quantitative estimate of drug-likeness (QED) is 0.811. The summed E-state index contributed by atoms with van der Waals surface area (Å²) in [7, 11) is 0. The van der Waals surface area contributed by atoms with E-state index < -0.39 is 6.10 Å². The molecule has 24 heavy (non-hydrogen) atoms. The Hall–Kier alpha value is -2.62. The van der Waals surface area contributed by atoms with Crippen molar-refractivity contribution in [3.05, 3.63) is 58.7 Å². The van der Waals surface area contributed by atoms with Crippen molar-refractivity contribution in [2.24, 2.45) is 0 Å². The summed E-state index contributed by atoms with van der Waals surface area (Å²) >= 11 is 0. The van der Waals surface area contributed by atoms with E-state index in [9.17, 15) is 9.59 Å². The summed E-state index contributed by atoms with van der Waals surface area (Å²) in [6.07, 6.45) is -0.591. The van der Waals surface area contributed by atoms with E-state index >= 15 is 0 Å². The standard InChI is InChI=1S/C20H21NO3/c1-12-5-8-17-19(9-12)24-15(4)20(23)21(17)11-18(22)16-7-6-13(2)14(3)10-16/h5-10,15H,11H2,1-4H3. The smallest absolute Gasteiger partial charge is 0.268 e. The van der Waals surface area contributed by atoms with Gasteiger partial charge in [0.05, 0.1) is 12.2 Å². The molecule has 0 aliphatic carbocycles. The van der Waals surface area contributed by atoms with Crippen LogP contribution in [0.3, 0.4) is 0 Å². The van der Waals surface area contributed by atoms with Crippen molar-refractivity contribution in [2.75, 3.05) is 11.4 Å². The Morgan fingerprint density at radius 2 is 1.83 bits per heavy atom. The molecule has 124 valence electrons. The number of anilines is 1. The Morgan fingerprint density at radius 1 is 1.08 bits per heavy atom. The summed E-state index contributed by atoms with van der Waals surface area (Å²) in [4.78, 5) is 26.7. The molecule has 0 saturated carbocycles. The molecule has 0 aromatic heterocycles. The maximum atomic E-state index is 12.7. The lowest BCUT2D eigenvalue weighted by molar-refractivity contribution is -0.125. The second kappa shape index (κ2) is 6.11. The van der Waals surface area contributed by atoms with Gasteiger partial charge < -0.3 is 4.74 Å². The summed E-state index contributed by atoms with van der Waals surface area (Å²) in [6, 6.07) is 11.3. The molecular weight excluding hydrogens is 302 g/mol. The van der Waals surface area contributed by atoms with Crippen LogP contribution in [0.4, 0.5) is 5.69 Å². The number of aryl methyl sites for hydroxylation is 3. The molecule has 4 heteroatoms. The van der Waals surface area contributed by atoms with Crippen LogP contribution in [0.25, 0.3) is 0 Å². The van der Waals surface area contributed by atoms with Gasteiger partial charge in [0.1, 0.15) is 5.75 Å². The lowest BCUT2D eigenvalue weighted by Crippen LogP contribution is -2.46. The fourth-order valence-corrected chi connectivity index (χ4v) is 2.83. The minimum absolute atomic E-state index is 0.0189. The Bertz CT molecular complexity index is 826. The number of hydrogen-bond acceptors (Lipinski definition) is 3. The number of ether oxygens (including phenoxy) is 1. The van der Waals surface area contributed by atoms with Gasteiger partial charge in [-0.15, -0.1) is 0 Å². The first-order chi connectivity index (χ1) is 11.4. The lowest BCUT2D eigenvalue weighted by atomic mass is 10.0. The monoisotopic (exact) mass is 323 g/mol. The predicted molar refractivity (Wildman–Crippen MR) is 93.9 cm³/mol. The average Bonchev–Trinajstić information content (AvgIpc) is 2.54. The highest BCUT2D eigenvalue weighted by Gasteiger charge is 2.32. The highest BCUT2D eigenvalue weighted by molar-refractivity contribution is 6.08. The Labute approximate surface area is 142 Å². The molecule has 0 fully saturated rings. The first-order valence-corrected chi connectivity index (χ1v) is 8.06. The van der Waals surface area contributed by atoms with Gasteiger partial charge in [0.2, 0.25) is 0 Å². The summed E-state index contributed by atoms with van der Waals surface area (Å²) < 4.78 is 5.67. The summed E-state index contributed by atoms with van der Waals surface area (Å²) in [6.45, 7) is 7.68. The molecule has 3 rings (SSSR count). The van der Waals surface area contributed by atoms with Gasteiger partial charge in [-0.2, -0.15) is 0 Å². The number of fused-ring (bicyclic) bond motifs is 1. The first kappa shape index (κ1) is 16.2. The molecule has 4 nitrogen and oxygen atoms in total. The van der Waals surface area contributed by atoms with Crippen molar-refractivity contribution < 1.29 is 14.3 Å². The number of nitrogens with zero attached hydrogens (tertiary/aromatic N) is 1. The molecule has 0 spiro atoms. The van der Waals surface area contributed by atoms with Gasteiger partial charge in [-0.25, -0.2) is 0 Å². The molecule has 1 unspecified atom stereocenters. The van der Waals surface area contributed by atoms with Crippen LogP contribution >= 0.6 is 0 Å². The zero-order valence-electron chi connectivity index (χ0n) is 14.4. The number of ketones is 1. The third kappa shape index (κ3) is 2.92. The van der Waals surface area contributed by atoms with Crippen LogP contribution in [0.15, 0.2) is 36.4 Å². The van der Waals surface area contributed by atoms with Crippen LogP contribution in [0.5, 0.6) is 5.75 Å². The molecule has 1 aliphatic heterocycles.